The van der Waals surface area contributed by atoms with Gasteiger partial charge < -0.3 is 15.9 Å². The number of carbonyl (C=O) groups is 2. The number of piperidine rings is 1. The number of anilines is 2. The van der Waals surface area contributed by atoms with Crippen LogP contribution in [-0.2, 0) is 20.6 Å². The van der Waals surface area contributed by atoms with Crippen molar-refractivity contribution in [2.45, 2.75) is 39.8 Å². The molecule has 1 aliphatic heterocycles. The maximum atomic E-state index is 12.9. The van der Waals surface area contributed by atoms with E-state index in [9.17, 15) is 22.8 Å². The first-order valence-electron chi connectivity index (χ1n) is 8.62. The third-order valence-corrected chi connectivity index (χ3v) is 4.20. The summed E-state index contributed by atoms with van der Waals surface area (Å²) in [5, 5.41) is 4.01. The highest BCUT2D eigenvalue weighted by Crippen LogP contribution is 2.33. The zero-order valence-electron chi connectivity index (χ0n) is 15.5. The van der Waals surface area contributed by atoms with E-state index in [1.54, 1.807) is 20.8 Å². The minimum Gasteiger partial charge on any atom is -0.399 e. The Bertz CT molecular complexity index is 706. The Balaban J connectivity index is 1.93. The van der Waals surface area contributed by atoms with Gasteiger partial charge in [-0.2, -0.15) is 13.2 Å². The van der Waals surface area contributed by atoms with Gasteiger partial charge in [-0.05, 0) is 51.8 Å². The molecule has 1 fully saturated rings. The second-order valence-electron chi connectivity index (χ2n) is 7.66. The number of hydroxylamine groups is 2. The van der Waals surface area contributed by atoms with Crippen molar-refractivity contribution in [3.8, 4) is 0 Å². The van der Waals surface area contributed by atoms with Gasteiger partial charge >= 0.3 is 12.1 Å². The van der Waals surface area contributed by atoms with E-state index in [0.717, 1.165) is 12.1 Å². The summed E-state index contributed by atoms with van der Waals surface area (Å²) in [6.45, 7) is 6.00. The highest BCUT2D eigenvalue weighted by Gasteiger charge is 2.32. The number of carbonyl (C=O) groups excluding carboxylic acids is 2. The largest absolute Gasteiger partial charge is 0.416 e. The third-order valence-electron chi connectivity index (χ3n) is 4.20. The number of hydrogen-bond acceptors (Lipinski definition) is 5. The zero-order chi connectivity index (χ0) is 20.4. The second-order valence-corrected chi connectivity index (χ2v) is 7.66. The number of nitrogen functional groups attached to an aromatic ring is 1. The third kappa shape index (κ3) is 5.85. The number of halogens is 3. The molecule has 1 aromatic rings. The number of hydrogen-bond donors (Lipinski definition) is 2. The number of nitrogens with one attached hydrogen (secondary N) is 1. The van der Waals surface area contributed by atoms with Crippen molar-refractivity contribution in [3.63, 3.8) is 0 Å². The van der Waals surface area contributed by atoms with E-state index >= 15 is 0 Å². The van der Waals surface area contributed by atoms with E-state index in [0.29, 0.717) is 25.9 Å². The van der Waals surface area contributed by atoms with Crippen LogP contribution in [0.5, 0.6) is 0 Å². The highest BCUT2D eigenvalue weighted by molar-refractivity contribution is 5.93. The molecule has 1 heterocycles. The van der Waals surface area contributed by atoms with Crippen molar-refractivity contribution in [2.75, 3.05) is 24.1 Å². The van der Waals surface area contributed by atoms with Crippen molar-refractivity contribution in [1.82, 2.24) is 5.06 Å². The Labute approximate surface area is 155 Å². The minimum absolute atomic E-state index is 0.00825. The monoisotopic (exact) mass is 387 g/mol. The van der Waals surface area contributed by atoms with Crippen LogP contribution in [0, 0.1) is 11.3 Å². The van der Waals surface area contributed by atoms with Crippen LogP contribution in [0.2, 0.25) is 0 Å². The second kappa shape index (κ2) is 7.75. The van der Waals surface area contributed by atoms with Crippen LogP contribution in [0.1, 0.15) is 39.2 Å². The lowest BCUT2D eigenvalue weighted by atomic mass is 9.96. The molecule has 0 unspecified atom stereocenters. The van der Waals surface area contributed by atoms with Gasteiger partial charge in [0.1, 0.15) is 0 Å². The van der Waals surface area contributed by atoms with Crippen molar-refractivity contribution < 1.29 is 27.6 Å². The van der Waals surface area contributed by atoms with Crippen molar-refractivity contribution in [3.05, 3.63) is 23.8 Å². The van der Waals surface area contributed by atoms with E-state index in [1.807, 2.05) is 0 Å². The molecule has 1 saturated heterocycles. The van der Waals surface area contributed by atoms with Crippen molar-refractivity contribution in [1.29, 1.82) is 0 Å². The van der Waals surface area contributed by atoms with Gasteiger partial charge in [-0.25, -0.2) is 4.79 Å². The summed E-state index contributed by atoms with van der Waals surface area (Å²) in [7, 11) is 0. The molecule has 0 aliphatic carbocycles. The van der Waals surface area contributed by atoms with Crippen LogP contribution in [0.25, 0.3) is 0 Å². The van der Waals surface area contributed by atoms with E-state index in [2.05, 4.69) is 5.32 Å². The molecule has 0 aromatic heterocycles. The summed E-state index contributed by atoms with van der Waals surface area (Å²) in [5.41, 5.74) is 3.89. The van der Waals surface area contributed by atoms with Crippen LogP contribution in [0.4, 0.5) is 24.5 Å². The number of rotatable bonds is 3. The molecule has 0 radical (unpaired) electrons. The first kappa shape index (κ1) is 21.0. The van der Waals surface area contributed by atoms with Gasteiger partial charge in [-0.1, -0.05) is 0 Å². The van der Waals surface area contributed by atoms with Gasteiger partial charge in [0, 0.05) is 30.4 Å². The fourth-order valence-corrected chi connectivity index (χ4v) is 2.60. The molecule has 3 N–H and O–H groups in total. The van der Waals surface area contributed by atoms with E-state index < -0.39 is 17.2 Å². The number of amides is 1. The Morgan fingerprint density at radius 1 is 1.15 bits per heavy atom. The number of nitrogens with two attached hydrogens (primary N) is 1. The zero-order valence-corrected chi connectivity index (χ0v) is 15.5. The molecular weight excluding hydrogens is 363 g/mol. The topological polar surface area (TPSA) is 84.7 Å². The standard InChI is InChI=1S/C18H24F3N3O3/c1-17(2,3)16(26)27-24-6-4-11(5-7-24)15(25)23-14-9-12(18(19,20)21)8-13(22)10-14/h8-11H,4-7,22H2,1-3H3,(H,23,25). The van der Waals surface area contributed by atoms with Gasteiger partial charge in [0.2, 0.25) is 5.91 Å². The first-order valence-corrected chi connectivity index (χ1v) is 8.62. The summed E-state index contributed by atoms with van der Waals surface area (Å²) in [6, 6.07) is 2.96. The van der Waals surface area contributed by atoms with Gasteiger partial charge in [0.25, 0.3) is 0 Å². The van der Waals surface area contributed by atoms with Crippen LogP contribution >= 0.6 is 0 Å². The molecule has 1 aliphatic rings. The molecule has 150 valence electrons. The first-order chi connectivity index (χ1) is 12.4. The molecule has 0 bridgehead atoms. The summed E-state index contributed by atoms with van der Waals surface area (Å²) < 4.78 is 38.6. The number of nitrogens with zero attached hydrogens (tertiary/aromatic N) is 1. The fraction of sp³-hybridized carbons (Fsp3) is 0.556. The van der Waals surface area contributed by atoms with Crippen LogP contribution < -0.4 is 11.1 Å². The van der Waals surface area contributed by atoms with E-state index in [4.69, 9.17) is 10.6 Å². The maximum Gasteiger partial charge on any atom is 0.416 e. The number of alkyl halides is 3. The van der Waals surface area contributed by atoms with Crippen molar-refractivity contribution >= 4 is 23.3 Å². The molecule has 9 heteroatoms. The predicted molar refractivity (Wildman–Crippen MR) is 94.3 cm³/mol. The van der Waals surface area contributed by atoms with E-state index in [-0.39, 0.29) is 29.2 Å². The molecule has 6 nitrogen and oxygen atoms in total. The minimum atomic E-state index is -4.54. The average molecular weight is 387 g/mol. The number of benzene rings is 1. The van der Waals surface area contributed by atoms with Crippen LogP contribution in [0.3, 0.4) is 0 Å². The van der Waals surface area contributed by atoms with Crippen LogP contribution in [-0.4, -0.2) is 30.0 Å². The Kier molecular flexibility index (Phi) is 6.04. The molecule has 27 heavy (non-hydrogen) atoms. The smallest absolute Gasteiger partial charge is 0.399 e. The SMILES string of the molecule is CC(C)(C)C(=O)ON1CCC(C(=O)Nc2cc(N)cc(C(F)(F)F)c2)CC1. The summed E-state index contributed by atoms with van der Waals surface area (Å²) in [5.74, 6) is -1.12. The fourth-order valence-electron chi connectivity index (χ4n) is 2.60. The van der Waals surface area contributed by atoms with E-state index in [1.165, 1.54) is 11.1 Å². The molecule has 0 atom stereocenters. The predicted octanol–water partition coefficient (Wildman–Crippen LogP) is 3.44. The molecule has 1 amide bonds. The lowest BCUT2D eigenvalue weighted by molar-refractivity contribution is -0.205. The molecule has 1 aromatic carbocycles. The van der Waals surface area contributed by atoms with Gasteiger partial charge in [-0.15, -0.1) is 5.06 Å². The quantitative estimate of drug-likeness (QED) is 0.776. The van der Waals surface area contributed by atoms with Gasteiger partial charge in [0.05, 0.1) is 11.0 Å². The summed E-state index contributed by atoms with van der Waals surface area (Å²) in [6.07, 6.45) is -3.69. The Hall–Kier alpha value is -2.29. The normalized spacial score (nSPS) is 16.8. The summed E-state index contributed by atoms with van der Waals surface area (Å²) in [4.78, 5) is 29.5. The highest BCUT2D eigenvalue weighted by atomic mass is 19.4. The Morgan fingerprint density at radius 3 is 2.26 bits per heavy atom. The molecule has 2 rings (SSSR count). The summed E-state index contributed by atoms with van der Waals surface area (Å²) >= 11 is 0. The van der Waals surface area contributed by atoms with Gasteiger partial charge in [-0.3, -0.25) is 4.79 Å². The lowest BCUT2D eigenvalue weighted by Gasteiger charge is -2.31. The molecule has 0 saturated carbocycles. The van der Waals surface area contributed by atoms with Gasteiger partial charge in [0.15, 0.2) is 0 Å². The van der Waals surface area contributed by atoms with Crippen LogP contribution in [0.15, 0.2) is 18.2 Å². The molecule has 0 spiro atoms. The lowest BCUT2D eigenvalue weighted by Crippen LogP contribution is -2.41. The average Bonchev–Trinajstić information content (AvgIpc) is 2.53. The van der Waals surface area contributed by atoms with Crippen molar-refractivity contribution in [2.24, 2.45) is 11.3 Å². The molecular formula is C18H24F3N3O3. The Morgan fingerprint density at radius 2 is 1.74 bits per heavy atom. The maximum absolute atomic E-state index is 12.9.